The van der Waals surface area contributed by atoms with Crippen molar-refractivity contribution in [2.75, 3.05) is 47.5 Å². The lowest BCUT2D eigenvalue weighted by Gasteiger charge is -2.28. The van der Waals surface area contributed by atoms with Gasteiger partial charge in [0.1, 0.15) is 19.8 Å². The first-order valence-corrected chi connectivity index (χ1v) is 23.7. The number of allylic oxidation sites excluding steroid dienone is 2. The molecule has 0 radical (unpaired) electrons. The highest BCUT2D eigenvalue weighted by Gasteiger charge is 2.37. The van der Waals surface area contributed by atoms with E-state index in [1.807, 2.05) is 21.1 Å². The van der Waals surface area contributed by atoms with Crippen LogP contribution in [0.1, 0.15) is 168 Å². The first-order valence-electron chi connectivity index (χ1n) is 22.3. The predicted octanol–water partition coefficient (Wildman–Crippen LogP) is 9.70. The molecule has 0 saturated carbocycles. The molecule has 2 aliphatic heterocycles. The normalized spacial score (nSPS) is 21.0. The predicted molar refractivity (Wildman–Crippen MR) is 221 cm³/mol. The van der Waals surface area contributed by atoms with Gasteiger partial charge >= 0.3 is 11.9 Å². The number of carbonyl (C=O) groups is 2. The number of hydrogen-bond acceptors (Lipinski definition) is 10. The number of rotatable bonds is 38. The zero-order valence-corrected chi connectivity index (χ0v) is 36.9. The number of esters is 2. The number of quaternary nitrogens is 1. The Hall–Kier alpha value is -1.59. The molecule has 0 bridgehead atoms. The van der Waals surface area contributed by atoms with Crippen LogP contribution in [0.2, 0.25) is 0 Å². The fourth-order valence-electron chi connectivity index (χ4n) is 6.55. The zero-order valence-electron chi connectivity index (χ0n) is 36.0. The highest BCUT2D eigenvalue weighted by molar-refractivity contribution is 7.45. The summed E-state index contributed by atoms with van der Waals surface area (Å²) in [6.45, 7) is 4.11. The number of phosphoric acid groups is 1. The summed E-state index contributed by atoms with van der Waals surface area (Å²) >= 11 is 0. The largest absolute Gasteiger partial charge is 0.756 e. The smallest absolute Gasteiger partial charge is 0.306 e. The Balaban J connectivity index is 1.58. The molecule has 2 rings (SSSR count). The molecule has 0 aliphatic carbocycles. The standard InChI is InChI=1S/C44H80NO10P/c1-6-8-22-28-39-41(54-39)30-24-18-14-10-12-16-20-26-32-43(46)50-36-38(37-52-56(48,49)51-35-34-45(3,4)5)53-44(47)33-27-21-17-13-11-15-19-25-31-42-40(55-42)29-23-9-7-2/h18-19,24-25,38-42H,6-17,20-23,26-37H2,1-5H3/b24-18+,25-19+. The number of likely N-dealkylation sites (N-methyl/N-ethyl adjacent to an activating group) is 1. The summed E-state index contributed by atoms with van der Waals surface area (Å²) in [5.74, 6) is -0.877. The number of nitrogens with zero attached hydrogens (tertiary/aromatic N) is 1. The molecule has 0 amide bonds. The topological polar surface area (TPSA) is 136 Å². The van der Waals surface area contributed by atoms with Gasteiger partial charge in [0.05, 0.1) is 52.2 Å². The lowest BCUT2D eigenvalue weighted by atomic mass is 10.1. The summed E-state index contributed by atoms with van der Waals surface area (Å²) in [4.78, 5) is 37.6. The molecule has 2 heterocycles. The minimum absolute atomic E-state index is 0.0404. The van der Waals surface area contributed by atoms with Gasteiger partial charge in [0.15, 0.2) is 6.10 Å². The van der Waals surface area contributed by atoms with Crippen LogP contribution < -0.4 is 4.89 Å². The summed E-state index contributed by atoms with van der Waals surface area (Å²) in [6, 6.07) is 0. The van der Waals surface area contributed by atoms with Crippen molar-refractivity contribution in [2.24, 2.45) is 0 Å². The van der Waals surface area contributed by atoms with Crippen molar-refractivity contribution in [3.05, 3.63) is 24.3 Å². The molecule has 0 aromatic carbocycles. The molecule has 326 valence electrons. The lowest BCUT2D eigenvalue weighted by molar-refractivity contribution is -0.870. The first kappa shape index (κ1) is 50.6. The van der Waals surface area contributed by atoms with E-state index in [1.165, 1.54) is 51.4 Å². The summed E-state index contributed by atoms with van der Waals surface area (Å²) in [7, 11) is 1.13. The highest BCUT2D eigenvalue weighted by atomic mass is 31.2. The molecule has 56 heavy (non-hydrogen) atoms. The van der Waals surface area contributed by atoms with Gasteiger partial charge < -0.3 is 37.4 Å². The van der Waals surface area contributed by atoms with E-state index in [0.717, 1.165) is 77.0 Å². The van der Waals surface area contributed by atoms with Crippen molar-refractivity contribution in [2.45, 2.75) is 198 Å². The van der Waals surface area contributed by atoms with Crippen LogP contribution in [0.3, 0.4) is 0 Å². The molecule has 0 spiro atoms. The van der Waals surface area contributed by atoms with Crippen molar-refractivity contribution in [1.29, 1.82) is 0 Å². The maximum Gasteiger partial charge on any atom is 0.306 e. The van der Waals surface area contributed by atoms with Crippen LogP contribution in [0.4, 0.5) is 0 Å². The van der Waals surface area contributed by atoms with E-state index < -0.39 is 32.5 Å². The van der Waals surface area contributed by atoms with Gasteiger partial charge in [-0.2, -0.15) is 0 Å². The molecule has 12 heteroatoms. The molecule has 2 aliphatic rings. The Morgan fingerprint density at radius 1 is 0.643 bits per heavy atom. The first-order chi connectivity index (χ1) is 26.9. The van der Waals surface area contributed by atoms with E-state index >= 15 is 0 Å². The second kappa shape index (κ2) is 30.5. The molecule has 2 fully saturated rings. The Labute approximate surface area is 340 Å². The summed E-state index contributed by atoms with van der Waals surface area (Å²) in [5, 5.41) is 0. The Morgan fingerprint density at radius 2 is 1.14 bits per heavy atom. The summed E-state index contributed by atoms with van der Waals surface area (Å²) in [5.41, 5.74) is 0. The minimum Gasteiger partial charge on any atom is -0.756 e. The lowest BCUT2D eigenvalue weighted by Crippen LogP contribution is -2.37. The fourth-order valence-corrected chi connectivity index (χ4v) is 7.28. The van der Waals surface area contributed by atoms with Crippen molar-refractivity contribution in [3.63, 3.8) is 0 Å². The molecular formula is C44H80NO10P. The maximum atomic E-state index is 12.7. The minimum atomic E-state index is -4.64. The molecule has 11 nitrogen and oxygen atoms in total. The van der Waals surface area contributed by atoms with Crippen LogP contribution in [-0.4, -0.2) is 94.4 Å². The van der Waals surface area contributed by atoms with Crippen molar-refractivity contribution >= 4 is 19.8 Å². The molecule has 2 saturated heterocycles. The third-order valence-electron chi connectivity index (χ3n) is 10.3. The Kier molecular flexibility index (Phi) is 27.5. The van der Waals surface area contributed by atoms with Gasteiger partial charge in [-0.3, -0.25) is 14.2 Å². The maximum absolute atomic E-state index is 12.7. The fraction of sp³-hybridized carbons (Fsp3) is 0.864. The summed E-state index contributed by atoms with van der Waals surface area (Å²) in [6.07, 6.45) is 34.0. The number of epoxide rings is 2. The molecule has 6 atom stereocenters. The van der Waals surface area contributed by atoms with Crippen LogP contribution >= 0.6 is 7.82 Å². The van der Waals surface area contributed by atoms with Crippen LogP contribution in [-0.2, 0) is 42.1 Å². The van der Waals surface area contributed by atoms with Crippen LogP contribution in [0.25, 0.3) is 0 Å². The monoisotopic (exact) mass is 814 g/mol. The van der Waals surface area contributed by atoms with E-state index in [1.54, 1.807) is 0 Å². The van der Waals surface area contributed by atoms with Gasteiger partial charge in [0.25, 0.3) is 7.82 Å². The SMILES string of the molecule is CCCCCC1OC1C/C=C/CCCCCCCC(=O)OCC(COP(=O)([O-])OCC[N+](C)(C)C)OC(=O)CCCCCCC/C=C/CC1OC1CCCCC. The second-order valence-electron chi connectivity index (χ2n) is 16.8. The van der Waals surface area contributed by atoms with Gasteiger partial charge in [0, 0.05) is 12.8 Å². The third kappa shape index (κ3) is 28.8. The van der Waals surface area contributed by atoms with E-state index in [4.69, 9.17) is 28.0 Å². The van der Waals surface area contributed by atoms with Gasteiger partial charge in [-0.05, 0) is 64.2 Å². The Bertz CT molecular complexity index is 1140. The van der Waals surface area contributed by atoms with Gasteiger partial charge in [-0.25, -0.2) is 0 Å². The van der Waals surface area contributed by atoms with Gasteiger partial charge in [0.2, 0.25) is 0 Å². The van der Waals surface area contributed by atoms with E-state index in [9.17, 15) is 19.0 Å². The molecular weight excluding hydrogens is 733 g/mol. The van der Waals surface area contributed by atoms with E-state index in [2.05, 4.69) is 38.2 Å². The summed E-state index contributed by atoms with van der Waals surface area (Å²) < 4.78 is 45.4. The number of phosphoric ester groups is 1. The average Bonchev–Trinajstić information content (AvgIpc) is 4.07. The van der Waals surface area contributed by atoms with Crippen LogP contribution in [0.15, 0.2) is 24.3 Å². The number of ether oxygens (including phenoxy) is 4. The molecule has 6 unspecified atom stereocenters. The van der Waals surface area contributed by atoms with E-state index in [-0.39, 0.29) is 26.1 Å². The van der Waals surface area contributed by atoms with Crippen molar-refractivity contribution in [3.8, 4) is 0 Å². The van der Waals surface area contributed by atoms with Gasteiger partial charge in [-0.15, -0.1) is 0 Å². The Morgan fingerprint density at radius 3 is 1.66 bits per heavy atom. The second-order valence-corrected chi connectivity index (χ2v) is 18.2. The number of carbonyl (C=O) groups excluding carboxylic acids is 2. The molecule has 0 aromatic rings. The van der Waals surface area contributed by atoms with Crippen LogP contribution in [0, 0.1) is 0 Å². The van der Waals surface area contributed by atoms with Crippen molar-refractivity contribution < 1.29 is 51.5 Å². The highest BCUT2D eigenvalue weighted by Crippen LogP contribution is 2.38. The molecule has 0 N–H and O–H groups in total. The number of hydrogen-bond donors (Lipinski definition) is 0. The van der Waals surface area contributed by atoms with E-state index in [0.29, 0.717) is 48.3 Å². The quantitative estimate of drug-likeness (QED) is 0.0148. The third-order valence-corrected chi connectivity index (χ3v) is 11.3. The number of unbranched alkanes of at least 4 members (excludes halogenated alkanes) is 14. The zero-order chi connectivity index (χ0) is 40.9. The van der Waals surface area contributed by atoms with Gasteiger partial charge in [-0.1, -0.05) is 115 Å². The molecule has 0 aromatic heterocycles. The van der Waals surface area contributed by atoms with Crippen molar-refractivity contribution in [1.82, 2.24) is 0 Å². The average molecular weight is 814 g/mol. The van der Waals surface area contributed by atoms with Crippen LogP contribution in [0.5, 0.6) is 0 Å².